The third-order valence-corrected chi connectivity index (χ3v) is 3.93. The molecule has 0 aromatic heterocycles. The molecule has 2 rings (SSSR count). The number of hydrogen-bond acceptors (Lipinski definition) is 4. The van der Waals surface area contributed by atoms with Crippen molar-refractivity contribution in [1.82, 2.24) is 5.32 Å². The van der Waals surface area contributed by atoms with Gasteiger partial charge in [-0.25, -0.2) is 0 Å². The molecular formula is C20H21N3O4. The number of nitro benzene ring substituents is 1. The molecule has 1 unspecified atom stereocenters. The maximum absolute atomic E-state index is 12.4. The summed E-state index contributed by atoms with van der Waals surface area (Å²) in [7, 11) is 0. The molecule has 140 valence electrons. The SMILES string of the molecule is CCC(C)NC(=O)c1ccccc1NC(=O)C=Cc1cccc([N+](=O)[O-])c1. The monoisotopic (exact) mass is 367 g/mol. The number of carbonyl (C=O) groups excluding carboxylic acids is 2. The van der Waals surface area contributed by atoms with E-state index in [9.17, 15) is 19.7 Å². The van der Waals surface area contributed by atoms with Gasteiger partial charge < -0.3 is 10.6 Å². The van der Waals surface area contributed by atoms with Crippen LogP contribution in [0.2, 0.25) is 0 Å². The minimum absolute atomic E-state index is 0.0232. The second-order valence-corrected chi connectivity index (χ2v) is 6.00. The van der Waals surface area contributed by atoms with Gasteiger partial charge in [0.15, 0.2) is 0 Å². The van der Waals surface area contributed by atoms with Crippen molar-refractivity contribution in [3.63, 3.8) is 0 Å². The number of nitro groups is 1. The first kappa shape index (κ1) is 19.8. The molecule has 2 N–H and O–H groups in total. The van der Waals surface area contributed by atoms with Gasteiger partial charge in [0.1, 0.15) is 0 Å². The van der Waals surface area contributed by atoms with Gasteiger partial charge in [0.05, 0.1) is 16.2 Å². The zero-order valence-corrected chi connectivity index (χ0v) is 15.1. The molecule has 0 heterocycles. The van der Waals surface area contributed by atoms with E-state index in [0.717, 1.165) is 6.42 Å². The molecule has 0 saturated heterocycles. The molecule has 0 aliphatic carbocycles. The number of amides is 2. The number of rotatable bonds is 7. The molecule has 0 radical (unpaired) electrons. The van der Waals surface area contributed by atoms with Crippen LogP contribution in [0.25, 0.3) is 6.08 Å². The Morgan fingerprint density at radius 1 is 1.19 bits per heavy atom. The van der Waals surface area contributed by atoms with Crippen molar-refractivity contribution < 1.29 is 14.5 Å². The van der Waals surface area contributed by atoms with Gasteiger partial charge in [-0.2, -0.15) is 0 Å². The van der Waals surface area contributed by atoms with Gasteiger partial charge >= 0.3 is 0 Å². The Morgan fingerprint density at radius 3 is 2.63 bits per heavy atom. The van der Waals surface area contributed by atoms with Gasteiger partial charge in [0, 0.05) is 24.3 Å². The average Bonchev–Trinajstić information content (AvgIpc) is 2.66. The van der Waals surface area contributed by atoms with E-state index in [2.05, 4.69) is 10.6 Å². The first-order chi connectivity index (χ1) is 12.9. The van der Waals surface area contributed by atoms with Crippen LogP contribution in [-0.2, 0) is 4.79 Å². The van der Waals surface area contributed by atoms with Crippen molar-refractivity contribution in [3.05, 3.63) is 75.8 Å². The van der Waals surface area contributed by atoms with E-state index in [4.69, 9.17) is 0 Å². The molecule has 27 heavy (non-hydrogen) atoms. The average molecular weight is 367 g/mol. The van der Waals surface area contributed by atoms with Crippen LogP contribution in [0, 0.1) is 10.1 Å². The fourth-order valence-corrected chi connectivity index (χ4v) is 2.28. The number of nitrogens with zero attached hydrogens (tertiary/aromatic N) is 1. The fourth-order valence-electron chi connectivity index (χ4n) is 2.28. The van der Waals surface area contributed by atoms with Crippen LogP contribution < -0.4 is 10.6 Å². The van der Waals surface area contributed by atoms with Crippen molar-refractivity contribution in [3.8, 4) is 0 Å². The number of carbonyl (C=O) groups is 2. The van der Waals surface area contributed by atoms with Crippen LogP contribution in [0.4, 0.5) is 11.4 Å². The van der Waals surface area contributed by atoms with Crippen LogP contribution in [0.1, 0.15) is 36.2 Å². The third kappa shape index (κ3) is 5.78. The zero-order chi connectivity index (χ0) is 19.8. The molecule has 7 nitrogen and oxygen atoms in total. The number of hydrogen-bond donors (Lipinski definition) is 2. The van der Waals surface area contributed by atoms with Crippen LogP contribution in [0.15, 0.2) is 54.6 Å². The Kier molecular flexibility index (Phi) is 6.82. The molecule has 7 heteroatoms. The van der Waals surface area contributed by atoms with E-state index in [1.165, 1.54) is 24.3 Å². The second-order valence-electron chi connectivity index (χ2n) is 6.00. The highest BCUT2D eigenvalue weighted by Gasteiger charge is 2.13. The summed E-state index contributed by atoms with van der Waals surface area (Å²) in [6, 6.07) is 12.7. The maximum Gasteiger partial charge on any atom is 0.270 e. The van der Waals surface area contributed by atoms with Crippen LogP contribution in [0.3, 0.4) is 0 Å². The van der Waals surface area contributed by atoms with Crippen molar-refractivity contribution in [1.29, 1.82) is 0 Å². The van der Waals surface area contributed by atoms with Gasteiger partial charge in [-0.3, -0.25) is 19.7 Å². The molecule has 2 aromatic carbocycles. The number of non-ortho nitro benzene ring substituents is 1. The Hall–Kier alpha value is -3.48. The molecule has 0 spiro atoms. The van der Waals surface area contributed by atoms with E-state index < -0.39 is 10.8 Å². The second kappa shape index (κ2) is 9.28. The molecule has 2 aromatic rings. The zero-order valence-electron chi connectivity index (χ0n) is 15.1. The highest BCUT2D eigenvalue weighted by Crippen LogP contribution is 2.17. The molecule has 1 atom stereocenters. The van der Waals surface area contributed by atoms with E-state index in [1.807, 2.05) is 13.8 Å². The van der Waals surface area contributed by atoms with Crippen molar-refractivity contribution in [2.24, 2.45) is 0 Å². The smallest absolute Gasteiger partial charge is 0.270 e. The van der Waals surface area contributed by atoms with Gasteiger partial charge in [-0.05, 0) is 37.1 Å². The lowest BCUT2D eigenvalue weighted by atomic mass is 10.1. The highest BCUT2D eigenvalue weighted by atomic mass is 16.6. The highest BCUT2D eigenvalue weighted by molar-refractivity contribution is 6.07. The first-order valence-electron chi connectivity index (χ1n) is 8.54. The lowest BCUT2D eigenvalue weighted by molar-refractivity contribution is -0.384. The van der Waals surface area contributed by atoms with E-state index in [1.54, 1.807) is 36.4 Å². The van der Waals surface area contributed by atoms with Gasteiger partial charge in [-0.15, -0.1) is 0 Å². The predicted molar refractivity (Wildman–Crippen MR) is 104 cm³/mol. The molecule has 2 amide bonds. The molecule has 0 fully saturated rings. The van der Waals surface area contributed by atoms with Crippen LogP contribution in [0.5, 0.6) is 0 Å². The van der Waals surface area contributed by atoms with E-state index >= 15 is 0 Å². The van der Waals surface area contributed by atoms with Crippen molar-refractivity contribution in [2.45, 2.75) is 26.3 Å². The van der Waals surface area contributed by atoms with Gasteiger partial charge in [-0.1, -0.05) is 31.2 Å². The van der Waals surface area contributed by atoms with Gasteiger partial charge in [0.2, 0.25) is 5.91 Å². The summed E-state index contributed by atoms with van der Waals surface area (Å²) in [5.74, 6) is -0.701. The first-order valence-corrected chi connectivity index (χ1v) is 8.54. The summed E-state index contributed by atoms with van der Waals surface area (Å²) in [6.07, 6.45) is 3.54. The summed E-state index contributed by atoms with van der Waals surface area (Å²) in [4.78, 5) is 34.8. The van der Waals surface area contributed by atoms with E-state index in [0.29, 0.717) is 16.8 Å². The molecule has 0 bridgehead atoms. The summed E-state index contributed by atoms with van der Waals surface area (Å²) in [5.41, 5.74) is 1.24. The van der Waals surface area contributed by atoms with Crippen LogP contribution >= 0.6 is 0 Å². The fraction of sp³-hybridized carbons (Fsp3) is 0.200. The number of anilines is 1. The van der Waals surface area contributed by atoms with Gasteiger partial charge in [0.25, 0.3) is 11.6 Å². The third-order valence-electron chi connectivity index (χ3n) is 3.93. The summed E-state index contributed by atoms with van der Waals surface area (Å²) in [5, 5.41) is 16.3. The molecule has 0 saturated carbocycles. The summed E-state index contributed by atoms with van der Waals surface area (Å²) in [6.45, 7) is 3.87. The minimum atomic E-state index is -0.496. The number of nitrogens with one attached hydrogen (secondary N) is 2. The number of benzene rings is 2. The molecule has 0 aliphatic rings. The quantitative estimate of drug-likeness (QED) is 0.442. The maximum atomic E-state index is 12.4. The topological polar surface area (TPSA) is 101 Å². The Labute approximate surface area is 157 Å². The number of para-hydroxylation sites is 1. The Bertz CT molecular complexity index is 877. The lowest BCUT2D eigenvalue weighted by Gasteiger charge is -2.14. The lowest BCUT2D eigenvalue weighted by Crippen LogP contribution is -2.32. The van der Waals surface area contributed by atoms with Crippen molar-refractivity contribution >= 4 is 29.3 Å². The molecule has 0 aliphatic heterocycles. The Morgan fingerprint density at radius 2 is 1.93 bits per heavy atom. The van der Waals surface area contributed by atoms with Crippen LogP contribution in [-0.4, -0.2) is 22.8 Å². The predicted octanol–water partition coefficient (Wildman–Crippen LogP) is 3.78. The molecular weight excluding hydrogens is 346 g/mol. The summed E-state index contributed by atoms with van der Waals surface area (Å²) < 4.78 is 0. The minimum Gasteiger partial charge on any atom is -0.350 e. The Balaban J connectivity index is 2.11. The standard InChI is InChI=1S/C20H21N3O4/c1-3-14(2)21-20(25)17-9-4-5-10-18(17)22-19(24)12-11-15-7-6-8-16(13-15)23(26)27/h4-14H,3H2,1-2H3,(H,21,25)(H,22,24). The normalized spacial score (nSPS) is 11.8. The van der Waals surface area contributed by atoms with Crippen molar-refractivity contribution in [2.75, 3.05) is 5.32 Å². The van der Waals surface area contributed by atoms with E-state index in [-0.39, 0.29) is 17.6 Å². The summed E-state index contributed by atoms with van der Waals surface area (Å²) >= 11 is 0. The largest absolute Gasteiger partial charge is 0.350 e.